The minimum atomic E-state index is -1.21. The van der Waals surface area contributed by atoms with Crippen LogP contribution in [0.5, 0.6) is 0 Å². The number of carboxylic acids is 1. The van der Waals surface area contributed by atoms with E-state index in [0.717, 1.165) is 11.1 Å². The number of nitrogens with zero attached hydrogens (tertiary/aromatic N) is 1. The predicted octanol–water partition coefficient (Wildman–Crippen LogP) is 1.34. The zero-order chi connectivity index (χ0) is 14.9. The Morgan fingerprint density at radius 2 is 1.95 bits per heavy atom. The van der Waals surface area contributed by atoms with E-state index >= 15 is 0 Å². The molecule has 0 N–H and O–H groups in total. The zero-order valence-electron chi connectivity index (χ0n) is 11.9. The second-order valence-corrected chi connectivity index (χ2v) is 5.92. The molecule has 1 aliphatic heterocycles. The Kier molecular flexibility index (Phi) is 3.70. The maximum atomic E-state index is 12.0. The monoisotopic (exact) mass is 276 g/mol. The Balaban J connectivity index is 2.15. The topological polar surface area (TPSA) is 69.7 Å². The van der Waals surface area contributed by atoms with Gasteiger partial charge in [0, 0.05) is 13.1 Å². The summed E-state index contributed by atoms with van der Waals surface area (Å²) >= 11 is 0. The molecule has 0 aliphatic carbocycles. The standard InChI is InChI=1S/C15H19NO4/c1-15(2,3)20-14(19)16-7-6-10-4-5-11(13(17)18)8-12(10)9-16/h4-5,8H,6-7,9H2,1-3H3,(H,17,18)/p-1. The summed E-state index contributed by atoms with van der Waals surface area (Å²) in [7, 11) is 0. The molecule has 1 amide bonds. The molecule has 0 radical (unpaired) electrons. The number of aromatic carboxylic acids is 1. The average Bonchev–Trinajstić information content (AvgIpc) is 2.35. The van der Waals surface area contributed by atoms with Crippen molar-refractivity contribution in [3.05, 3.63) is 34.9 Å². The fraction of sp³-hybridized carbons (Fsp3) is 0.467. The van der Waals surface area contributed by atoms with Crippen molar-refractivity contribution in [2.75, 3.05) is 6.54 Å². The van der Waals surface area contributed by atoms with Crippen LogP contribution in [0, 0.1) is 0 Å². The van der Waals surface area contributed by atoms with Gasteiger partial charge in [-0.15, -0.1) is 0 Å². The highest BCUT2D eigenvalue weighted by molar-refractivity contribution is 5.86. The van der Waals surface area contributed by atoms with Crippen LogP contribution in [-0.4, -0.2) is 29.1 Å². The number of ether oxygens (including phenoxy) is 1. The average molecular weight is 276 g/mol. The van der Waals surface area contributed by atoms with Gasteiger partial charge in [0.2, 0.25) is 0 Å². The first-order chi connectivity index (χ1) is 9.26. The van der Waals surface area contributed by atoms with Crippen molar-refractivity contribution in [3.63, 3.8) is 0 Å². The summed E-state index contributed by atoms with van der Waals surface area (Å²) < 4.78 is 5.33. The lowest BCUT2D eigenvalue weighted by Gasteiger charge is -2.31. The normalized spacial score (nSPS) is 14.7. The molecule has 0 atom stereocenters. The summed E-state index contributed by atoms with van der Waals surface area (Å²) in [5, 5.41) is 10.9. The Labute approximate surface area is 118 Å². The van der Waals surface area contributed by atoms with Crippen molar-refractivity contribution in [2.24, 2.45) is 0 Å². The number of carboxylic acid groups (broad SMARTS) is 1. The van der Waals surface area contributed by atoms with E-state index in [1.165, 1.54) is 6.07 Å². The summed E-state index contributed by atoms with van der Waals surface area (Å²) in [6, 6.07) is 4.89. The van der Waals surface area contributed by atoms with Crippen molar-refractivity contribution >= 4 is 12.1 Å². The number of benzene rings is 1. The molecule has 0 unspecified atom stereocenters. The summed E-state index contributed by atoms with van der Waals surface area (Å²) in [6.07, 6.45) is 0.323. The van der Waals surface area contributed by atoms with Crippen LogP contribution < -0.4 is 5.11 Å². The first kappa shape index (κ1) is 14.4. The number of fused-ring (bicyclic) bond motifs is 1. The Bertz CT molecular complexity index is 545. The Morgan fingerprint density at radius 1 is 1.25 bits per heavy atom. The van der Waals surface area contributed by atoms with E-state index in [4.69, 9.17) is 4.74 Å². The number of carbonyl (C=O) groups is 2. The van der Waals surface area contributed by atoms with E-state index in [1.807, 2.05) is 20.8 Å². The molecule has 1 heterocycles. The highest BCUT2D eigenvalue weighted by Crippen LogP contribution is 2.22. The molecular weight excluding hydrogens is 258 g/mol. The van der Waals surface area contributed by atoms with Gasteiger partial charge in [0.15, 0.2) is 0 Å². The molecule has 0 fully saturated rings. The number of hydrogen-bond donors (Lipinski definition) is 0. The largest absolute Gasteiger partial charge is 0.545 e. The molecule has 1 aromatic carbocycles. The van der Waals surface area contributed by atoms with Gasteiger partial charge in [-0.05, 0) is 49.9 Å². The van der Waals surface area contributed by atoms with E-state index in [9.17, 15) is 14.7 Å². The van der Waals surface area contributed by atoms with Gasteiger partial charge < -0.3 is 19.5 Å². The van der Waals surface area contributed by atoms with Crippen LogP contribution in [0.4, 0.5) is 4.79 Å². The number of hydrogen-bond acceptors (Lipinski definition) is 4. The molecule has 0 saturated carbocycles. The highest BCUT2D eigenvalue weighted by Gasteiger charge is 2.25. The summed E-state index contributed by atoms with van der Waals surface area (Å²) in [6.45, 7) is 6.39. The van der Waals surface area contributed by atoms with Gasteiger partial charge in [-0.2, -0.15) is 0 Å². The molecule has 0 bridgehead atoms. The molecule has 1 aromatic rings. The fourth-order valence-electron chi connectivity index (χ4n) is 2.17. The Morgan fingerprint density at radius 3 is 2.55 bits per heavy atom. The van der Waals surface area contributed by atoms with Gasteiger partial charge in [-0.3, -0.25) is 0 Å². The number of rotatable bonds is 1. The molecule has 2 rings (SSSR count). The first-order valence-electron chi connectivity index (χ1n) is 6.57. The van der Waals surface area contributed by atoms with Crippen LogP contribution >= 0.6 is 0 Å². The van der Waals surface area contributed by atoms with E-state index in [0.29, 0.717) is 19.5 Å². The molecule has 5 heteroatoms. The van der Waals surface area contributed by atoms with Crippen LogP contribution in [0.1, 0.15) is 42.3 Å². The van der Waals surface area contributed by atoms with Gasteiger partial charge in [0.25, 0.3) is 0 Å². The molecule has 0 spiro atoms. The van der Waals surface area contributed by atoms with Crippen LogP contribution in [0.25, 0.3) is 0 Å². The lowest BCUT2D eigenvalue weighted by Crippen LogP contribution is -2.40. The molecule has 5 nitrogen and oxygen atoms in total. The molecule has 0 aromatic heterocycles. The minimum Gasteiger partial charge on any atom is -0.545 e. The van der Waals surface area contributed by atoms with Gasteiger partial charge in [0.05, 0.1) is 5.97 Å². The van der Waals surface area contributed by atoms with Crippen LogP contribution in [-0.2, 0) is 17.7 Å². The van der Waals surface area contributed by atoms with Crippen molar-refractivity contribution in [3.8, 4) is 0 Å². The predicted molar refractivity (Wildman–Crippen MR) is 71.1 cm³/mol. The number of carbonyl (C=O) groups excluding carboxylic acids is 2. The van der Waals surface area contributed by atoms with Crippen LogP contribution in [0.3, 0.4) is 0 Å². The summed E-state index contributed by atoms with van der Waals surface area (Å²) in [5.41, 5.74) is 1.50. The fourth-order valence-corrected chi connectivity index (χ4v) is 2.17. The molecule has 0 saturated heterocycles. The SMILES string of the molecule is CC(C)(C)OC(=O)N1CCc2ccc(C(=O)[O-])cc2C1. The zero-order valence-corrected chi connectivity index (χ0v) is 11.9. The van der Waals surface area contributed by atoms with E-state index in [1.54, 1.807) is 17.0 Å². The third-order valence-electron chi connectivity index (χ3n) is 3.11. The second kappa shape index (κ2) is 5.15. The Hall–Kier alpha value is -2.04. The minimum absolute atomic E-state index is 0.134. The van der Waals surface area contributed by atoms with Gasteiger partial charge in [-0.25, -0.2) is 4.79 Å². The van der Waals surface area contributed by atoms with Crippen molar-refractivity contribution < 1.29 is 19.4 Å². The summed E-state index contributed by atoms with van der Waals surface area (Å²) in [4.78, 5) is 24.5. The molecule has 1 aliphatic rings. The lowest BCUT2D eigenvalue weighted by molar-refractivity contribution is -0.255. The third-order valence-corrected chi connectivity index (χ3v) is 3.11. The maximum absolute atomic E-state index is 12.0. The first-order valence-corrected chi connectivity index (χ1v) is 6.57. The maximum Gasteiger partial charge on any atom is 0.410 e. The van der Waals surface area contributed by atoms with Crippen molar-refractivity contribution in [2.45, 2.75) is 39.3 Å². The lowest BCUT2D eigenvalue weighted by atomic mass is 9.97. The van der Waals surface area contributed by atoms with Gasteiger partial charge in [-0.1, -0.05) is 12.1 Å². The quantitative estimate of drug-likeness (QED) is 0.776. The highest BCUT2D eigenvalue weighted by atomic mass is 16.6. The van der Waals surface area contributed by atoms with E-state index in [2.05, 4.69) is 0 Å². The molecule has 20 heavy (non-hydrogen) atoms. The molecular formula is C15H18NO4-. The van der Waals surface area contributed by atoms with Crippen molar-refractivity contribution in [1.29, 1.82) is 0 Å². The van der Waals surface area contributed by atoms with Crippen molar-refractivity contribution in [1.82, 2.24) is 4.90 Å². The van der Waals surface area contributed by atoms with Gasteiger partial charge in [0.1, 0.15) is 5.60 Å². The summed E-state index contributed by atoms with van der Waals surface area (Å²) in [5.74, 6) is -1.21. The van der Waals surface area contributed by atoms with Crippen LogP contribution in [0.2, 0.25) is 0 Å². The van der Waals surface area contributed by atoms with Gasteiger partial charge >= 0.3 is 6.09 Å². The van der Waals surface area contributed by atoms with Crippen LogP contribution in [0.15, 0.2) is 18.2 Å². The molecule has 108 valence electrons. The number of amides is 1. The van der Waals surface area contributed by atoms with E-state index < -0.39 is 11.6 Å². The van der Waals surface area contributed by atoms with E-state index in [-0.39, 0.29) is 11.7 Å². The second-order valence-electron chi connectivity index (χ2n) is 5.92. The third kappa shape index (κ3) is 3.29. The smallest absolute Gasteiger partial charge is 0.410 e.